The molecule has 6 heteroatoms. The Hall–Kier alpha value is -1.30. The van der Waals surface area contributed by atoms with Gasteiger partial charge in [0.2, 0.25) is 5.91 Å². The van der Waals surface area contributed by atoms with Gasteiger partial charge in [0.15, 0.2) is 0 Å². The minimum Gasteiger partial charge on any atom is -0.384 e. The first-order valence-corrected chi connectivity index (χ1v) is 9.52. The van der Waals surface area contributed by atoms with Crippen molar-refractivity contribution in [3.05, 3.63) is 29.3 Å². The van der Waals surface area contributed by atoms with Gasteiger partial charge < -0.3 is 20.3 Å². The Labute approximate surface area is 155 Å². The fraction of sp³-hybridized carbons (Fsp3) is 0.632. The molecule has 0 aliphatic carbocycles. The summed E-state index contributed by atoms with van der Waals surface area (Å²) in [5, 5.41) is 7.40. The largest absolute Gasteiger partial charge is 0.384 e. The molecule has 5 nitrogen and oxygen atoms in total. The number of benzene rings is 1. The number of nitrogens with zero attached hydrogens (tertiary/aromatic N) is 1. The first-order valence-electron chi connectivity index (χ1n) is 9.15. The SMILES string of the molecule is COCC1(C(=O)NC2CCCN(c3ccccc3Cl)C2)CCNCC1. The minimum absolute atomic E-state index is 0.141. The van der Waals surface area contributed by atoms with Crippen molar-refractivity contribution in [1.82, 2.24) is 10.6 Å². The number of hydrogen-bond acceptors (Lipinski definition) is 4. The van der Waals surface area contributed by atoms with E-state index in [9.17, 15) is 4.79 Å². The van der Waals surface area contributed by atoms with Gasteiger partial charge in [-0.1, -0.05) is 23.7 Å². The van der Waals surface area contributed by atoms with Crippen LogP contribution >= 0.6 is 11.6 Å². The summed E-state index contributed by atoms with van der Waals surface area (Å²) in [6, 6.07) is 8.07. The number of halogens is 1. The summed E-state index contributed by atoms with van der Waals surface area (Å²) in [6.45, 7) is 4.00. The average Bonchev–Trinajstić information content (AvgIpc) is 2.63. The molecule has 1 aromatic carbocycles. The van der Waals surface area contributed by atoms with E-state index in [1.54, 1.807) is 7.11 Å². The first-order chi connectivity index (χ1) is 12.1. The number of ether oxygens (including phenoxy) is 1. The van der Waals surface area contributed by atoms with Crippen molar-refractivity contribution in [2.75, 3.05) is 44.8 Å². The van der Waals surface area contributed by atoms with Crippen LogP contribution in [0.2, 0.25) is 5.02 Å². The molecule has 0 saturated carbocycles. The zero-order valence-corrected chi connectivity index (χ0v) is 15.6. The van der Waals surface area contributed by atoms with E-state index in [0.717, 1.165) is 62.6 Å². The van der Waals surface area contributed by atoms with E-state index in [4.69, 9.17) is 16.3 Å². The van der Waals surface area contributed by atoms with Gasteiger partial charge in [-0.2, -0.15) is 0 Å². The molecule has 2 N–H and O–H groups in total. The quantitative estimate of drug-likeness (QED) is 0.841. The Morgan fingerprint density at radius 3 is 2.88 bits per heavy atom. The lowest BCUT2D eigenvalue weighted by molar-refractivity contribution is -0.137. The Bertz CT molecular complexity index is 584. The minimum atomic E-state index is -0.396. The van der Waals surface area contributed by atoms with Gasteiger partial charge in [-0.15, -0.1) is 0 Å². The van der Waals surface area contributed by atoms with Gasteiger partial charge in [0, 0.05) is 26.2 Å². The van der Waals surface area contributed by atoms with Crippen LogP contribution in [0.5, 0.6) is 0 Å². The van der Waals surface area contributed by atoms with Crippen molar-refractivity contribution in [2.45, 2.75) is 31.7 Å². The topological polar surface area (TPSA) is 53.6 Å². The highest BCUT2D eigenvalue weighted by Crippen LogP contribution is 2.31. The second kappa shape index (κ2) is 8.39. The van der Waals surface area contributed by atoms with Gasteiger partial charge in [0.05, 0.1) is 22.7 Å². The summed E-state index contributed by atoms with van der Waals surface area (Å²) >= 11 is 6.34. The summed E-state index contributed by atoms with van der Waals surface area (Å²) in [6.07, 6.45) is 3.71. The van der Waals surface area contributed by atoms with Crippen LogP contribution in [-0.4, -0.2) is 51.8 Å². The van der Waals surface area contributed by atoms with Crippen molar-refractivity contribution >= 4 is 23.2 Å². The maximum atomic E-state index is 13.0. The van der Waals surface area contributed by atoms with E-state index in [-0.39, 0.29) is 11.9 Å². The van der Waals surface area contributed by atoms with Gasteiger partial charge in [0.1, 0.15) is 0 Å². The van der Waals surface area contributed by atoms with Crippen molar-refractivity contribution in [2.24, 2.45) is 5.41 Å². The number of hydrogen-bond donors (Lipinski definition) is 2. The molecular formula is C19H28ClN3O2. The summed E-state index contributed by atoms with van der Waals surface area (Å²) in [7, 11) is 1.68. The number of para-hydroxylation sites is 1. The molecule has 1 atom stereocenters. The Kier molecular flexibility index (Phi) is 6.20. The molecule has 0 bridgehead atoms. The number of piperidine rings is 2. The summed E-state index contributed by atoms with van der Waals surface area (Å²) in [5.41, 5.74) is 0.656. The first kappa shape index (κ1) is 18.5. The molecule has 1 unspecified atom stereocenters. The number of carbonyl (C=O) groups excluding carboxylic acids is 1. The monoisotopic (exact) mass is 365 g/mol. The predicted octanol–water partition coefficient (Wildman–Crippen LogP) is 2.44. The van der Waals surface area contributed by atoms with Gasteiger partial charge in [-0.25, -0.2) is 0 Å². The normalized spacial score (nSPS) is 23.3. The maximum Gasteiger partial charge on any atom is 0.228 e. The van der Waals surface area contributed by atoms with Crippen LogP contribution in [0.15, 0.2) is 24.3 Å². The van der Waals surface area contributed by atoms with E-state index < -0.39 is 5.41 Å². The van der Waals surface area contributed by atoms with E-state index in [1.165, 1.54) is 0 Å². The molecule has 2 heterocycles. The summed E-state index contributed by atoms with van der Waals surface area (Å²) in [4.78, 5) is 15.3. The number of methoxy groups -OCH3 is 1. The van der Waals surface area contributed by atoms with Crippen LogP contribution in [-0.2, 0) is 9.53 Å². The highest BCUT2D eigenvalue weighted by Gasteiger charge is 2.40. The summed E-state index contributed by atoms with van der Waals surface area (Å²) in [5.74, 6) is 0.141. The standard InChI is InChI=1S/C19H28ClN3O2/c1-25-14-19(8-10-21-11-9-19)18(24)22-15-5-4-12-23(13-15)17-7-3-2-6-16(17)20/h2-3,6-7,15,21H,4-5,8-14H2,1H3,(H,22,24). The van der Waals surface area contributed by atoms with Crippen LogP contribution in [0.25, 0.3) is 0 Å². The molecule has 0 radical (unpaired) electrons. The van der Waals surface area contributed by atoms with E-state index in [2.05, 4.69) is 15.5 Å². The third kappa shape index (κ3) is 4.27. The second-order valence-corrected chi connectivity index (χ2v) is 7.58. The average molecular weight is 366 g/mol. The molecule has 1 aromatic rings. The molecule has 0 aromatic heterocycles. The fourth-order valence-corrected chi connectivity index (χ4v) is 4.23. The Morgan fingerprint density at radius 1 is 1.40 bits per heavy atom. The molecule has 2 aliphatic heterocycles. The molecule has 3 rings (SSSR count). The van der Waals surface area contributed by atoms with Crippen LogP contribution in [0.4, 0.5) is 5.69 Å². The van der Waals surface area contributed by atoms with Gasteiger partial charge >= 0.3 is 0 Å². The molecule has 0 spiro atoms. The number of nitrogens with one attached hydrogen (secondary N) is 2. The number of rotatable bonds is 5. The molecule has 2 fully saturated rings. The lowest BCUT2D eigenvalue weighted by Crippen LogP contribution is -2.55. The van der Waals surface area contributed by atoms with E-state index in [1.807, 2.05) is 24.3 Å². The van der Waals surface area contributed by atoms with E-state index >= 15 is 0 Å². The van der Waals surface area contributed by atoms with E-state index in [0.29, 0.717) is 6.61 Å². The smallest absolute Gasteiger partial charge is 0.228 e. The van der Waals surface area contributed by atoms with Gasteiger partial charge in [0.25, 0.3) is 0 Å². The summed E-state index contributed by atoms with van der Waals surface area (Å²) < 4.78 is 5.38. The lowest BCUT2D eigenvalue weighted by Gasteiger charge is -2.39. The van der Waals surface area contributed by atoms with Crippen molar-refractivity contribution in [1.29, 1.82) is 0 Å². The van der Waals surface area contributed by atoms with Gasteiger partial charge in [-0.05, 0) is 50.9 Å². The Balaban J connectivity index is 1.65. The molecular weight excluding hydrogens is 338 g/mol. The van der Waals surface area contributed by atoms with Crippen LogP contribution < -0.4 is 15.5 Å². The maximum absolute atomic E-state index is 13.0. The van der Waals surface area contributed by atoms with Crippen LogP contribution in [0.3, 0.4) is 0 Å². The highest BCUT2D eigenvalue weighted by atomic mass is 35.5. The second-order valence-electron chi connectivity index (χ2n) is 7.17. The van der Waals surface area contributed by atoms with Gasteiger partial charge in [-0.3, -0.25) is 4.79 Å². The zero-order valence-electron chi connectivity index (χ0n) is 14.9. The van der Waals surface area contributed by atoms with Crippen LogP contribution in [0, 0.1) is 5.41 Å². The molecule has 1 amide bonds. The fourth-order valence-electron chi connectivity index (χ4n) is 3.98. The highest BCUT2D eigenvalue weighted by molar-refractivity contribution is 6.33. The van der Waals surface area contributed by atoms with Crippen LogP contribution in [0.1, 0.15) is 25.7 Å². The molecule has 25 heavy (non-hydrogen) atoms. The van der Waals surface area contributed by atoms with Crippen molar-refractivity contribution in [3.63, 3.8) is 0 Å². The third-order valence-corrected chi connectivity index (χ3v) is 5.73. The number of anilines is 1. The predicted molar refractivity (Wildman–Crippen MR) is 101 cm³/mol. The molecule has 138 valence electrons. The lowest BCUT2D eigenvalue weighted by atomic mass is 9.78. The zero-order chi connectivity index (χ0) is 17.7. The van der Waals surface area contributed by atoms with Crippen molar-refractivity contribution < 1.29 is 9.53 Å². The molecule has 2 aliphatic rings. The molecule has 2 saturated heterocycles. The number of amides is 1. The third-order valence-electron chi connectivity index (χ3n) is 5.41. The van der Waals surface area contributed by atoms with Crippen molar-refractivity contribution in [3.8, 4) is 0 Å². The Morgan fingerprint density at radius 2 is 2.16 bits per heavy atom. The number of carbonyl (C=O) groups is 1.